The van der Waals surface area contributed by atoms with E-state index < -0.39 is 0 Å². The first-order valence-corrected chi connectivity index (χ1v) is 14.2. The molecule has 2 heteroatoms. The largest absolute Gasteiger partial charge is 0.455 e. The van der Waals surface area contributed by atoms with Crippen LogP contribution in [0, 0.1) is 0 Å². The molecule has 0 aliphatic carbocycles. The molecule has 0 fully saturated rings. The molecule has 0 spiro atoms. The minimum absolute atomic E-state index is 0.478. The van der Waals surface area contributed by atoms with Gasteiger partial charge in [-0.15, -0.1) is 0 Å². The zero-order valence-corrected chi connectivity index (χ0v) is 23.3. The Morgan fingerprint density at radius 1 is 0.488 bits per heavy atom. The molecule has 1 aromatic heterocycles. The summed E-state index contributed by atoms with van der Waals surface area (Å²) in [6.45, 7) is 4.47. The number of para-hydroxylation sites is 2. The second-order valence-corrected chi connectivity index (χ2v) is 10.8. The van der Waals surface area contributed by atoms with Gasteiger partial charge in [-0.25, -0.2) is 0 Å². The second kappa shape index (κ2) is 10.5. The van der Waals surface area contributed by atoms with Crippen molar-refractivity contribution in [3.05, 3.63) is 151 Å². The second-order valence-electron chi connectivity index (χ2n) is 10.8. The van der Waals surface area contributed by atoms with Gasteiger partial charge in [0.2, 0.25) is 0 Å². The van der Waals surface area contributed by atoms with E-state index in [1.165, 1.54) is 16.7 Å². The van der Waals surface area contributed by atoms with E-state index in [1.807, 2.05) is 12.1 Å². The topological polar surface area (TPSA) is 16.4 Å². The monoisotopic (exact) mass is 529 g/mol. The highest BCUT2D eigenvalue weighted by Gasteiger charge is 2.17. The van der Waals surface area contributed by atoms with Crippen molar-refractivity contribution in [2.75, 3.05) is 4.90 Å². The first kappa shape index (κ1) is 24.9. The fourth-order valence-corrected chi connectivity index (χ4v) is 5.70. The van der Waals surface area contributed by atoms with Gasteiger partial charge in [-0.1, -0.05) is 117 Å². The number of fused-ring (bicyclic) bond motifs is 3. The van der Waals surface area contributed by atoms with E-state index in [9.17, 15) is 0 Å². The molecule has 7 rings (SSSR count). The molecule has 0 aliphatic rings. The summed E-state index contributed by atoms with van der Waals surface area (Å²) in [6.07, 6.45) is 0. The van der Waals surface area contributed by atoms with Gasteiger partial charge in [-0.3, -0.25) is 0 Å². The van der Waals surface area contributed by atoms with Crippen molar-refractivity contribution in [3.63, 3.8) is 0 Å². The van der Waals surface area contributed by atoms with Crippen LogP contribution in [-0.2, 0) is 0 Å². The lowest BCUT2D eigenvalue weighted by molar-refractivity contribution is 0.670. The molecule has 0 saturated heterocycles. The first-order chi connectivity index (χ1) is 20.2. The minimum atomic E-state index is 0.478. The summed E-state index contributed by atoms with van der Waals surface area (Å²) in [5.74, 6) is 0.478. The van der Waals surface area contributed by atoms with E-state index in [-0.39, 0.29) is 0 Å². The standard InChI is InChI=1S/C39H31NO/c1-27(2)28-21-23-32(24-22-28)40(33-15-8-13-30(25-33)29-11-4-3-5-12-29)34-16-9-14-31(26-34)35-18-10-19-37-36-17-6-7-20-38(36)41-39(35)37/h3-27H,1-2H3. The molecule has 7 aromatic rings. The molecule has 0 atom stereocenters. The van der Waals surface area contributed by atoms with E-state index in [2.05, 4.69) is 152 Å². The van der Waals surface area contributed by atoms with Crippen LogP contribution in [0.4, 0.5) is 17.1 Å². The van der Waals surface area contributed by atoms with Crippen molar-refractivity contribution < 1.29 is 4.42 Å². The van der Waals surface area contributed by atoms with Gasteiger partial charge in [0.1, 0.15) is 11.2 Å². The SMILES string of the molecule is CC(C)c1ccc(N(c2cccc(-c3ccccc3)c2)c2cccc(-c3cccc4c3oc3ccccc34)c2)cc1. The van der Waals surface area contributed by atoms with Gasteiger partial charge in [0.15, 0.2) is 0 Å². The molecule has 41 heavy (non-hydrogen) atoms. The molecule has 0 amide bonds. The fraction of sp³-hybridized carbons (Fsp3) is 0.0769. The normalized spacial score (nSPS) is 11.4. The molecule has 0 radical (unpaired) electrons. The minimum Gasteiger partial charge on any atom is -0.455 e. The van der Waals surface area contributed by atoms with Gasteiger partial charge >= 0.3 is 0 Å². The maximum Gasteiger partial charge on any atom is 0.143 e. The zero-order valence-electron chi connectivity index (χ0n) is 23.3. The molecule has 0 aliphatic heterocycles. The molecular weight excluding hydrogens is 498 g/mol. The van der Waals surface area contributed by atoms with Crippen LogP contribution in [0.5, 0.6) is 0 Å². The molecular formula is C39H31NO. The Balaban J connectivity index is 1.38. The van der Waals surface area contributed by atoms with Crippen LogP contribution >= 0.6 is 0 Å². The summed E-state index contributed by atoms with van der Waals surface area (Å²) in [5, 5.41) is 2.28. The smallest absolute Gasteiger partial charge is 0.143 e. The lowest BCUT2D eigenvalue weighted by Gasteiger charge is -2.27. The Bertz CT molecular complexity index is 1970. The number of rotatable bonds is 6. The predicted molar refractivity (Wildman–Crippen MR) is 173 cm³/mol. The summed E-state index contributed by atoms with van der Waals surface area (Å²) in [6, 6.07) is 51.8. The maximum atomic E-state index is 6.39. The molecule has 1 heterocycles. The van der Waals surface area contributed by atoms with Crippen LogP contribution in [0.15, 0.2) is 150 Å². The number of furan rings is 1. The molecule has 0 bridgehead atoms. The number of anilines is 3. The summed E-state index contributed by atoms with van der Waals surface area (Å²) >= 11 is 0. The quantitative estimate of drug-likeness (QED) is 0.213. The van der Waals surface area contributed by atoms with E-state index in [4.69, 9.17) is 4.42 Å². The number of nitrogens with zero attached hydrogens (tertiary/aromatic N) is 1. The highest BCUT2D eigenvalue weighted by Crippen LogP contribution is 2.41. The van der Waals surface area contributed by atoms with Crippen molar-refractivity contribution in [3.8, 4) is 22.3 Å². The molecule has 198 valence electrons. The third kappa shape index (κ3) is 4.68. The van der Waals surface area contributed by atoms with Crippen molar-refractivity contribution in [1.29, 1.82) is 0 Å². The highest BCUT2D eigenvalue weighted by molar-refractivity contribution is 6.09. The van der Waals surface area contributed by atoms with Crippen molar-refractivity contribution in [2.24, 2.45) is 0 Å². The highest BCUT2D eigenvalue weighted by atomic mass is 16.3. The lowest BCUT2D eigenvalue weighted by Crippen LogP contribution is -2.10. The summed E-state index contributed by atoms with van der Waals surface area (Å²) in [5.41, 5.74) is 11.1. The number of benzene rings is 6. The Hall–Kier alpha value is -5.08. The van der Waals surface area contributed by atoms with Gasteiger partial charge in [-0.2, -0.15) is 0 Å². The van der Waals surface area contributed by atoms with Crippen LogP contribution in [0.1, 0.15) is 25.3 Å². The van der Waals surface area contributed by atoms with Crippen LogP contribution in [0.2, 0.25) is 0 Å². The van der Waals surface area contributed by atoms with E-state index in [0.29, 0.717) is 5.92 Å². The Morgan fingerprint density at radius 2 is 1.10 bits per heavy atom. The van der Waals surface area contributed by atoms with Crippen LogP contribution in [0.3, 0.4) is 0 Å². The zero-order chi connectivity index (χ0) is 27.8. The van der Waals surface area contributed by atoms with Gasteiger partial charge in [-0.05, 0) is 70.6 Å². The van der Waals surface area contributed by atoms with Crippen molar-refractivity contribution in [2.45, 2.75) is 19.8 Å². The molecule has 0 unspecified atom stereocenters. The predicted octanol–water partition coefficient (Wildman–Crippen LogP) is 11.5. The Kier molecular flexibility index (Phi) is 6.37. The molecule has 0 N–H and O–H groups in total. The first-order valence-electron chi connectivity index (χ1n) is 14.2. The maximum absolute atomic E-state index is 6.39. The number of hydrogen-bond donors (Lipinski definition) is 0. The summed E-state index contributed by atoms with van der Waals surface area (Å²) in [7, 11) is 0. The fourth-order valence-electron chi connectivity index (χ4n) is 5.70. The molecule has 0 saturated carbocycles. The van der Waals surface area contributed by atoms with E-state index >= 15 is 0 Å². The summed E-state index contributed by atoms with van der Waals surface area (Å²) < 4.78 is 6.39. The average Bonchev–Trinajstić information content (AvgIpc) is 3.41. The lowest BCUT2D eigenvalue weighted by atomic mass is 10.00. The van der Waals surface area contributed by atoms with Crippen LogP contribution in [-0.4, -0.2) is 0 Å². The van der Waals surface area contributed by atoms with Gasteiger partial charge in [0, 0.05) is 33.4 Å². The third-order valence-electron chi connectivity index (χ3n) is 7.85. The summed E-state index contributed by atoms with van der Waals surface area (Å²) in [4.78, 5) is 2.35. The Morgan fingerprint density at radius 3 is 1.85 bits per heavy atom. The van der Waals surface area contributed by atoms with Crippen molar-refractivity contribution >= 4 is 39.0 Å². The number of hydrogen-bond acceptors (Lipinski definition) is 2. The average molecular weight is 530 g/mol. The Labute approximate surface area is 241 Å². The van der Waals surface area contributed by atoms with E-state index in [1.54, 1.807) is 0 Å². The van der Waals surface area contributed by atoms with E-state index in [0.717, 1.165) is 50.1 Å². The van der Waals surface area contributed by atoms with Gasteiger partial charge < -0.3 is 9.32 Å². The van der Waals surface area contributed by atoms with Crippen molar-refractivity contribution in [1.82, 2.24) is 0 Å². The van der Waals surface area contributed by atoms with Crippen LogP contribution in [0.25, 0.3) is 44.2 Å². The van der Waals surface area contributed by atoms with Gasteiger partial charge in [0.25, 0.3) is 0 Å². The van der Waals surface area contributed by atoms with Gasteiger partial charge in [0.05, 0.1) is 0 Å². The van der Waals surface area contributed by atoms with Crippen LogP contribution < -0.4 is 4.90 Å². The third-order valence-corrected chi connectivity index (χ3v) is 7.85. The molecule has 6 aromatic carbocycles. The molecule has 2 nitrogen and oxygen atoms in total.